The zero-order valence-corrected chi connectivity index (χ0v) is 12.3. The van der Waals surface area contributed by atoms with E-state index >= 15 is 0 Å². The number of hydrogen-bond donors (Lipinski definition) is 0. The average Bonchev–Trinajstić information content (AvgIpc) is 2.25. The standard InChI is InChI=1S/C14H25NO3/c1-10(2)7-13(16)15(8-11(3)4)9-12(5)14(17)18-6/h7,11-12H,8-9H2,1-6H3. The molecule has 0 rings (SSSR count). The molecule has 4 nitrogen and oxygen atoms in total. The molecule has 104 valence electrons. The topological polar surface area (TPSA) is 46.6 Å². The van der Waals surface area contributed by atoms with Gasteiger partial charge in [0.15, 0.2) is 0 Å². The Morgan fingerprint density at radius 3 is 2.11 bits per heavy atom. The van der Waals surface area contributed by atoms with E-state index in [9.17, 15) is 9.59 Å². The largest absolute Gasteiger partial charge is 0.469 e. The number of nitrogens with zero attached hydrogens (tertiary/aromatic N) is 1. The van der Waals surface area contributed by atoms with Crippen LogP contribution < -0.4 is 0 Å². The van der Waals surface area contributed by atoms with Crippen molar-refractivity contribution < 1.29 is 14.3 Å². The molecule has 4 heteroatoms. The van der Waals surface area contributed by atoms with Crippen molar-refractivity contribution in [3.05, 3.63) is 11.6 Å². The van der Waals surface area contributed by atoms with Gasteiger partial charge in [0.25, 0.3) is 0 Å². The van der Waals surface area contributed by atoms with Crippen molar-refractivity contribution >= 4 is 11.9 Å². The first kappa shape index (κ1) is 16.7. The van der Waals surface area contributed by atoms with Gasteiger partial charge >= 0.3 is 5.97 Å². The van der Waals surface area contributed by atoms with Crippen molar-refractivity contribution in [3.63, 3.8) is 0 Å². The Morgan fingerprint density at radius 2 is 1.72 bits per heavy atom. The lowest BCUT2D eigenvalue weighted by Crippen LogP contribution is -2.38. The van der Waals surface area contributed by atoms with Crippen LogP contribution in [0.5, 0.6) is 0 Å². The van der Waals surface area contributed by atoms with E-state index in [4.69, 9.17) is 0 Å². The lowest BCUT2D eigenvalue weighted by Gasteiger charge is -2.25. The van der Waals surface area contributed by atoms with E-state index in [1.54, 1.807) is 17.9 Å². The third-order valence-corrected chi connectivity index (χ3v) is 2.41. The van der Waals surface area contributed by atoms with E-state index in [2.05, 4.69) is 4.74 Å². The summed E-state index contributed by atoms with van der Waals surface area (Å²) < 4.78 is 4.69. The molecule has 0 aromatic heterocycles. The summed E-state index contributed by atoms with van der Waals surface area (Å²) in [6, 6.07) is 0. The molecule has 1 amide bonds. The fourth-order valence-corrected chi connectivity index (χ4v) is 1.64. The number of allylic oxidation sites excluding steroid dienone is 1. The van der Waals surface area contributed by atoms with E-state index in [1.165, 1.54) is 7.11 Å². The number of esters is 1. The van der Waals surface area contributed by atoms with Crippen molar-refractivity contribution in [2.24, 2.45) is 11.8 Å². The van der Waals surface area contributed by atoms with E-state index in [1.807, 2.05) is 27.7 Å². The minimum atomic E-state index is -0.303. The normalized spacial score (nSPS) is 11.9. The van der Waals surface area contributed by atoms with Gasteiger partial charge in [0.05, 0.1) is 13.0 Å². The number of ether oxygens (including phenoxy) is 1. The molecule has 0 aliphatic carbocycles. The Kier molecular flexibility index (Phi) is 7.32. The maximum Gasteiger partial charge on any atom is 0.310 e. The Hall–Kier alpha value is -1.32. The molecule has 1 atom stereocenters. The monoisotopic (exact) mass is 255 g/mol. The lowest BCUT2D eigenvalue weighted by atomic mass is 10.1. The van der Waals surface area contributed by atoms with Gasteiger partial charge in [-0.3, -0.25) is 9.59 Å². The van der Waals surface area contributed by atoms with Crippen molar-refractivity contribution in [1.82, 2.24) is 4.90 Å². The molecule has 0 aliphatic rings. The van der Waals surface area contributed by atoms with Crippen molar-refractivity contribution in [2.75, 3.05) is 20.2 Å². The van der Waals surface area contributed by atoms with Crippen molar-refractivity contribution in [1.29, 1.82) is 0 Å². The number of amides is 1. The molecule has 0 heterocycles. The fraction of sp³-hybridized carbons (Fsp3) is 0.714. The van der Waals surface area contributed by atoms with Gasteiger partial charge in [-0.25, -0.2) is 0 Å². The highest BCUT2D eigenvalue weighted by molar-refractivity contribution is 5.88. The van der Waals surface area contributed by atoms with Gasteiger partial charge in [-0.05, 0) is 19.8 Å². The van der Waals surface area contributed by atoms with Gasteiger partial charge in [0, 0.05) is 19.2 Å². The molecule has 18 heavy (non-hydrogen) atoms. The van der Waals surface area contributed by atoms with E-state index in [0.29, 0.717) is 19.0 Å². The average molecular weight is 255 g/mol. The first-order valence-electron chi connectivity index (χ1n) is 6.29. The quantitative estimate of drug-likeness (QED) is 0.540. The SMILES string of the molecule is COC(=O)C(C)CN(CC(C)C)C(=O)C=C(C)C. The minimum absolute atomic E-state index is 0.0422. The Bertz CT molecular complexity index is 317. The van der Waals surface area contributed by atoms with Gasteiger partial charge in [0.2, 0.25) is 5.91 Å². The lowest BCUT2D eigenvalue weighted by molar-refractivity contribution is -0.146. The molecule has 0 fully saturated rings. The third kappa shape index (κ3) is 6.42. The Labute approximate surface area is 110 Å². The van der Waals surface area contributed by atoms with Crippen LogP contribution in [0, 0.1) is 11.8 Å². The van der Waals surface area contributed by atoms with Gasteiger partial charge < -0.3 is 9.64 Å². The number of methoxy groups -OCH3 is 1. The number of rotatable bonds is 6. The summed E-state index contributed by atoms with van der Waals surface area (Å²) in [5.41, 5.74) is 0.958. The van der Waals surface area contributed by atoms with Gasteiger partial charge in [-0.15, -0.1) is 0 Å². The zero-order valence-electron chi connectivity index (χ0n) is 12.3. The van der Waals surface area contributed by atoms with Gasteiger partial charge in [-0.1, -0.05) is 26.3 Å². The predicted octanol–water partition coefficient (Wildman–Crippen LogP) is 2.25. The summed E-state index contributed by atoms with van der Waals surface area (Å²) in [4.78, 5) is 25.1. The van der Waals surface area contributed by atoms with Gasteiger partial charge in [0.1, 0.15) is 0 Å². The highest BCUT2D eigenvalue weighted by Crippen LogP contribution is 2.08. The van der Waals surface area contributed by atoms with Crippen LogP contribution in [0.2, 0.25) is 0 Å². The molecule has 0 saturated heterocycles. The summed E-state index contributed by atoms with van der Waals surface area (Å²) in [6.45, 7) is 10.7. The molecular formula is C14H25NO3. The molecule has 0 bridgehead atoms. The zero-order chi connectivity index (χ0) is 14.3. The molecule has 1 unspecified atom stereocenters. The van der Waals surface area contributed by atoms with Crippen LogP contribution in [0.25, 0.3) is 0 Å². The molecule has 0 spiro atoms. The highest BCUT2D eigenvalue weighted by atomic mass is 16.5. The molecule has 0 saturated carbocycles. The van der Waals surface area contributed by atoms with Gasteiger partial charge in [-0.2, -0.15) is 0 Å². The summed E-state index contributed by atoms with van der Waals surface area (Å²) in [7, 11) is 1.36. The third-order valence-electron chi connectivity index (χ3n) is 2.41. The summed E-state index contributed by atoms with van der Waals surface area (Å²) in [5.74, 6) is -0.263. The van der Waals surface area contributed by atoms with Crippen LogP contribution >= 0.6 is 0 Å². The van der Waals surface area contributed by atoms with Crippen LogP contribution in [0.15, 0.2) is 11.6 Å². The van der Waals surface area contributed by atoms with Crippen molar-refractivity contribution in [3.8, 4) is 0 Å². The number of hydrogen-bond acceptors (Lipinski definition) is 3. The maximum absolute atomic E-state index is 12.0. The van der Waals surface area contributed by atoms with Crippen LogP contribution in [0.1, 0.15) is 34.6 Å². The van der Waals surface area contributed by atoms with Crippen molar-refractivity contribution in [2.45, 2.75) is 34.6 Å². The predicted molar refractivity (Wildman–Crippen MR) is 72.0 cm³/mol. The van der Waals surface area contributed by atoms with Crippen LogP contribution in [-0.4, -0.2) is 37.0 Å². The molecule has 0 radical (unpaired) electrons. The first-order chi connectivity index (χ1) is 8.27. The molecular weight excluding hydrogens is 230 g/mol. The molecule has 0 aliphatic heterocycles. The second-order valence-corrected chi connectivity index (χ2v) is 5.28. The maximum atomic E-state index is 12.0. The number of carbonyl (C=O) groups is 2. The molecule has 0 aromatic rings. The summed E-state index contributed by atoms with van der Waals surface area (Å²) in [6.07, 6.45) is 1.60. The minimum Gasteiger partial charge on any atom is -0.469 e. The van der Waals surface area contributed by atoms with Crippen LogP contribution in [0.4, 0.5) is 0 Å². The molecule has 0 aromatic carbocycles. The van der Waals surface area contributed by atoms with E-state index in [0.717, 1.165) is 5.57 Å². The van der Waals surface area contributed by atoms with E-state index < -0.39 is 0 Å². The van der Waals surface area contributed by atoms with Crippen LogP contribution in [0.3, 0.4) is 0 Å². The smallest absolute Gasteiger partial charge is 0.310 e. The van der Waals surface area contributed by atoms with E-state index in [-0.39, 0.29) is 17.8 Å². The fourth-order valence-electron chi connectivity index (χ4n) is 1.64. The Morgan fingerprint density at radius 1 is 1.17 bits per heavy atom. The van der Waals surface area contributed by atoms with Crippen LogP contribution in [-0.2, 0) is 14.3 Å². The summed E-state index contributed by atoms with van der Waals surface area (Å²) >= 11 is 0. The number of carbonyl (C=O) groups excluding carboxylic acids is 2. The second-order valence-electron chi connectivity index (χ2n) is 5.28. The first-order valence-corrected chi connectivity index (χ1v) is 6.29. The molecule has 0 N–H and O–H groups in total. The second kappa shape index (κ2) is 7.90. The highest BCUT2D eigenvalue weighted by Gasteiger charge is 2.20. The summed E-state index contributed by atoms with van der Waals surface area (Å²) in [5, 5.41) is 0. The Balaban J connectivity index is 4.74.